The number of halogens is 1. The van der Waals surface area contributed by atoms with Crippen LogP contribution in [0.2, 0.25) is 0 Å². The van der Waals surface area contributed by atoms with Gasteiger partial charge in [-0.2, -0.15) is 0 Å². The van der Waals surface area contributed by atoms with Crippen molar-refractivity contribution in [3.63, 3.8) is 0 Å². The Balaban J connectivity index is 1.74. The Hall–Kier alpha value is -0.930. The summed E-state index contributed by atoms with van der Waals surface area (Å²) in [6, 6.07) is 7.65. The highest BCUT2D eigenvalue weighted by Crippen LogP contribution is 2.40. The number of hydrogen-bond acceptors (Lipinski definition) is 2. The highest BCUT2D eigenvalue weighted by Gasteiger charge is 2.36. The maximum absolute atomic E-state index is 13.5. The first-order chi connectivity index (χ1) is 9.28. The molecule has 2 aliphatic rings. The molecule has 3 heteroatoms. The summed E-state index contributed by atoms with van der Waals surface area (Å²) in [5, 5.41) is 3.63. The highest BCUT2D eigenvalue weighted by molar-refractivity contribution is 5.28. The lowest BCUT2D eigenvalue weighted by molar-refractivity contribution is 0.188. The van der Waals surface area contributed by atoms with Crippen molar-refractivity contribution < 1.29 is 9.13 Å². The maximum atomic E-state index is 13.5. The molecule has 2 nitrogen and oxygen atoms in total. The molecule has 1 N–H and O–H groups in total. The van der Waals surface area contributed by atoms with Crippen LogP contribution in [0.25, 0.3) is 0 Å². The second kappa shape index (κ2) is 5.59. The van der Waals surface area contributed by atoms with Gasteiger partial charge in [-0.1, -0.05) is 25.0 Å². The molecule has 1 aromatic carbocycles. The van der Waals surface area contributed by atoms with Crippen LogP contribution in [0, 0.1) is 5.82 Å². The molecule has 1 atom stereocenters. The zero-order valence-electron chi connectivity index (χ0n) is 11.3. The van der Waals surface area contributed by atoms with Crippen LogP contribution in [0.5, 0.6) is 0 Å². The summed E-state index contributed by atoms with van der Waals surface area (Å²) in [7, 11) is 0. The van der Waals surface area contributed by atoms with E-state index in [0.29, 0.717) is 6.04 Å². The number of rotatable bonds is 4. The number of ether oxygens (including phenoxy) is 1. The third-order valence-corrected chi connectivity index (χ3v) is 4.66. The quantitative estimate of drug-likeness (QED) is 0.901. The van der Waals surface area contributed by atoms with Gasteiger partial charge >= 0.3 is 0 Å². The van der Waals surface area contributed by atoms with Crippen molar-refractivity contribution in [2.45, 2.75) is 43.6 Å². The lowest BCUT2D eigenvalue weighted by atomic mass is 9.78. The molecule has 0 aromatic heterocycles. The highest BCUT2D eigenvalue weighted by atomic mass is 19.1. The largest absolute Gasteiger partial charge is 0.380 e. The average molecular weight is 263 g/mol. The molecule has 0 amide bonds. The van der Waals surface area contributed by atoms with Gasteiger partial charge in [-0.15, -0.1) is 0 Å². The van der Waals surface area contributed by atoms with E-state index in [-0.39, 0.29) is 11.2 Å². The van der Waals surface area contributed by atoms with Gasteiger partial charge in [0.05, 0.1) is 6.61 Å². The molecule has 1 aromatic rings. The summed E-state index contributed by atoms with van der Waals surface area (Å²) in [6.07, 6.45) is 5.92. The Morgan fingerprint density at radius 2 is 2.16 bits per heavy atom. The Labute approximate surface area is 114 Å². The Morgan fingerprint density at radius 1 is 1.32 bits per heavy atom. The predicted molar refractivity (Wildman–Crippen MR) is 73.8 cm³/mol. The molecular formula is C16H22FNO. The SMILES string of the molecule is Fc1cccc(C2(CN[C@H]3CCOC3)CCCC2)c1. The zero-order valence-corrected chi connectivity index (χ0v) is 11.3. The summed E-state index contributed by atoms with van der Waals surface area (Å²) >= 11 is 0. The first kappa shape index (κ1) is 13.1. The molecule has 1 saturated heterocycles. The van der Waals surface area contributed by atoms with E-state index in [9.17, 15) is 4.39 Å². The molecule has 0 radical (unpaired) electrons. The molecule has 2 fully saturated rings. The second-order valence-electron chi connectivity index (χ2n) is 5.94. The summed E-state index contributed by atoms with van der Waals surface area (Å²) in [5.41, 5.74) is 1.29. The van der Waals surface area contributed by atoms with Crippen molar-refractivity contribution in [2.24, 2.45) is 0 Å². The molecule has 1 heterocycles. The van der Waals surface area contributed by atoms with E-state index in [1.807, 2.05) is 6.07 Å². The summed E-state index contributed by atoms with van der Waals surface area (Å²) in [6.45, 7) is 2.63. The molecule has 0 spiro atoms. The molecule has 104 valence electrons. The second-order valence-corrected chi connectivity index (χ2v) is 5.94. The van der Waals surface area contributed by atoms with Crippen molar-refractivity contribution in [2.75, 3.05) is 19.8 Å². The topological polar surface area (TPSA) is 21.3 Å². The molecule has 3 rings (SSSR count). The van der Waals surface area contributed by atoms with Gasteiger partial charge in [-0.3, -0.25) is 0 Å². The third kappa shape index (κ3) is 2.82. The van der Waals surface area contributed by atoms with Gasteiger partial charge < -0.3 is 10.1 Å². The molecule has 1 aliphatic heterocycles. The number of benzene rings is 1. The van der Waals surface area contributed by atoms with Gasteiger partial charge in [0.2, 0.25) is 0 Å². The van der Waals surface area contributed by atoms with Gasteiger partial charge in [-0.25, -0.2) is 4.39 Å². The van der Waals surface area contributed by atoms with E-state index >= 15 is 0 Å². The fourth-order valence-electron chi connectivity index (χ4n) is 3.47. The van der Waals surface area contributed by atoms with Crippen molar-refractivity contribution in [3.05, 3.63) is 35.6 Å². The van der Waals surface area contributed by atoms with E-state index in [2.05, 4.69) is 11.4 Å². The fraction of sp³-hybridized carbons (Fsp3) is 0.625. The van der Waals surface area contributed by atoms with Crippen LogP contribution in [0.4, 0.5) is 4.39 Å². The molecule has 0 bridgehead atoms. The Bertz CT molecular complexity index is 423. The van der Waals surface area contributed by atoms with Crippen LogP contribution >= 0.6 is 0 Å². The lowest BCUT2D eigenvalue weighted by Gasteiger charge is -2.31. The maximum Gasteiger partial charge on any atom is 0.123 e. The summed E-state index contributed by atoms with van der Waals surface area (Å²) < 4.78 is 18.9. The van der Waals surface area contributed by atoms with E-state index in [1.54, 1.807) is 6.07 Å². The van der Waals surface area contributed by atoms with Gasteiger partial charge in [0.15, 0.2) is 0 Å². The first-order valence-electron chi connectivity index (χ1n) is 7.36. The van der Waals surface area contributed by atoms with Crippen molar-refractivity contribution in [1.29, 1.82) is 0 Å². The van der Waals surface area contributed by atoms with Crippen LogP contribution < -0.4 is 5.32 Å². The summed E-state index contributed by atoms with van der Waals surface area (Å²) in [5.74, 6) is -0.118. The number of hydrogen-bond donors (Lipinski definition) is 1. The van der Waals surface area contributed by atoms with E-state index < -0.39 is 0 Å². The van der Waals surface area contributed by atoms with Crippen molar-refractivity contribution >= 4 is 0 Å². The lowest BCUT2D eigenvalue weighted by Crippen LogP contribution is -2.41. The van der Waals surface area contributed by atoms with Crippen LogP contribution in [0.1, 0.15) is 37.7 Å². The molecule has 1 aliphatic carbocycles. The standard InChI is InChI=1S/C16H22FNO/c17-14-5-3-4-13(10-14)16(7-1-2-8-16)12-18-15-6-9-19-11-15/h3-5,10,15,18H,1-2,6-9,11-12H2/t15-/m0/s1. The van der Waals surface area contributed by atoms with Gasteiger partial charge in [0.1, 0.15) is 5.82 Å². The molecule has 19 heavy (non-hydrogen) atoms. The minimum atomic E-state index is -0.118. The summed E-state index contributed by atoms with van der Waals surface area (Å²) in [4.78, 5) is 0. The smallest absolute Gasteiger partial charge is 0.123 e. The van der Waals surface area contributed by atoms with E-state index in [4.69, 9.17) is 4.74 Å². The van der Waals surface area contributed by atoms with Crippen LogP contribution in [-0.4, -0.2) is 25.8 Å². The first-order valence-corrected chi connectivity index (χ1v) is 7.36. The normalized spacial score (nSPS) is 25.8. The van der Waals surface area contributed by atoms with Gasteiger partial charge in [0.25, 0.3) is 0 Å². The Morgan fingerprint density at radius 3 is 2.84 bits per heavy atom. The molecule has 0 unspecified atom stereocenters. The van der Waals surface area contributed by atoms with Crippen molar-refractivity contribution in [1.82, 2.24) is 5.32 Å². The number of nitrogens with one attached hydrogen (secondary N) is 1. The monoisotopic (exact) mass is 263 g/mol. The van der Waals surface area contributed by atoms with Crippen LogP contribution in [0.3, 0.4) is 0 Å². The van der Waals surface area contributed by atoms with Gasteiger partial charge in [-0.05, 0) is 37.0 Å². The predicted octanol–water partition coefficient (Wildman–Crippen LogP) is 3.02. The van der Waals surface area contributed by atoms with Crippen LogP contribution in [-0.2, 0) is 10.2 Å². The van der Waals surface area contributed by atoms with Crippen molar-refractivity contribution in [3.8, 4) is 0 Å². The molecular weight excluding hydrogens is 241 g/mol. The minimum absolute atomic E-state index is 0.118. The third-order valence-electron chi connectivity index (χ3n) is 4.66. The van der Waals surface area contributed by atoms with E-state index in [0.717, 1.165) is 44.6 Å². The molecule has 1 saturated carbocycles. The Kier molecular flexibility index (Phi) is 3.85. The van der Waals surface area contributed by atoms with Crippen LogP contribution in [0.15, 0.2) is 24.3 Å². The minimum Gasteiger partial charge on any atom is -0.380 e. The average Bonchev–Trinajstić information content (AvgIpc) is 3.09. The zero-order chi connectivity index (χ0) is 13.1. The fourth-order valence-corrected chi connectivity index (χ4v) is 3.47. The van der Waals surface area contributed by atoms with E-state index in [1.165, 1.54) is 18.9 Å². The van der Waals surface area contributed by atoms with Gasteiger partial charge in [0, 0.05) is 24.6 Å².